The first-order valence-corrected chi connectivity index (χ1v) is 14.0. The minimum Gasteiger partial charge on any atom is -0.309 e. The Hall–Kier alpha value is -3.92. The van der Waals surface area contributed by atoms with Crippen LogP contribution in [-0.2, 0) is 0 Å². The molecule has 6 aromatic carbocycles. The maximum Gasteiger partial charge on any atom is 0.0634 e. The molecule has 0 aliphatic carbocycles. The Morgan fingerprint density at radius 2 is 1.32 bits per heavy atom. The lowest BCUT2D eigenvalue weighted by Gasteiger charge is -2.12. The van der Waals surface area contributed by atoms with Crippen LogP contribution in [-0.4, -0.2) is 4.57 Å². The monoisotopic (exact) mass is 553 g/mol. The smallest absolute Gasteiger partial charge is 0.0634 e. The van der Waals surface area contributed by atoms with Crippen molar-refractivity contribution in [3.05, 3.63) is 126 Å². The van der Waals surface area contributed by atoms with Crippen LogP contribution in [0.15, 0.2) is 126 Å². The number of rotatable bonds is 2. The quantitative estimate of drug-likeness (QED) is 0.200. The molecule has 0 saturated heterocycles. The van der Waals surface area contributed by atoms with Gasteiger partial charge in [-0.1, -0.05) is 94.8 Å². The second-order valence-corrected chi connectivity index (χ2v) is 11.5. The van der Waals surface area contributed by atoms with Gasteiger partial charge in [0.15, 0.2) is 0 Å². The summed E-state index contributed by atoms with van der Waals surface area (Å²) >= 11 is 5.51. The van der Waals surface area contributed by atoms with E-state index in [-0.39, 0.29) is 0 Å². The third-order valence-corrected chi connectivity index (χ3v) is 9.16. The van der Waals surface area contributed by atoms with Crippen LogP contribution < -0.4 is 0 Å². The van der Waals surface area contributed by atoms with Gasteiger partial charge >= 0.3 is 0 Å². The zero-order chi connectivity index (χ0) is 24.5. The fraction of sp³-hybridized carbons (Fsp3) is 0. The van der Waals surface area contributed by atoms with Crippen molar-refractivity contribution in [3.63, 3.8) is 0 Å². The average Bonchev–Trinajstić information content (AvgIpc) is 3.49. The van der Waals surface area contributed by atoms with E-state index in [4.69, 9.17) is 0 Å². The van der Waals surface area contributed by atoms with Crippen LogP contribution in [0.5, 0.6) is 0 Å². The van der Waals surface area contributed by atoms with Crippen molar-refractivity contribution >= 4 is 80.0 Å². The number of para-hydroxylation sites is 1. The van der Waals surface area contributed by atoms with Crippen molar-refractivity contribution in [1.29, 1.82) is 0 Å². The molecule has 37 heavy (non-hydrogen) atoms. The van der Waals surface area contributed by atoms with E-state index in [9.17, 15) is 0 Å². The second kappa shape index (κ2) is 8.04. The Morgan fingerprint density at radius 1 is 0.595 bits per heavy atom. The summed E-state index contributed by atoms with van der Waals surface area (Å²) in [5, 5.41) is 7.73. The Morgan fingerprint density at radius 3 is 2.19 bits per heavy atom. The molecular formula is C34H20BrNS. The minimum absolute atomic E-state index is 1.10. The first-order valence-electron chi connectivity index (χ1n) is 12.4. The van der Waals surface area contributed by atoms with Crippen molar-refractivity contribution in [3.8, 4) is 16.8 Å². The molecule has 0 aliphatic heterocycles. The van der Waals surface area contributed by atoms with Crippen LogP contribution in [0.4, 0.5) is 0 Å². The van der Waals surface area contributed by atoms with E-state index in [0.717, 1.165) is 4.47 Å². The van der Waals surface area contributed by atoms with Gasteiger partial charge in [0.1, 0.15) is 0 Å². The molecular weight excluding hydrogens is 534 g/mol. The molecule has 2 heterocycles. The van der Waals surface area contributed by atoms with Crippen LogP contribution >= 0.6 is 27.3 Å². The molecule has 0 radical (unpaired) electrons. The third kappa shape index (κ3) is 3.14. The molecule has 8 aromatic rings. The molecule has 0 saturated carbocycles. The van der Waals surface area contributed by atoms with Gasteiger partial charge in [0.25, 0.3) is 0 Å². The SMILES string of the molecule is Brc1ccc(-c2cc3c4ccccc4n(-c4ccc5ccccc5c4)c3c3c2sc2ccccc23)cc1. The molecule has 0 N–H and O–H groups in total. The summed E-state index contributed by atoms with van der Waals surface area (Å²) in [7, 11) is 0. The van der Waals surface area contributed by atoms with E-state index >= 15 is 0 Å². The summed E-state index contributed by atoms with van der Waals surface area (Å²) in [6.07, 6.45) is 0. The molecule has 0 bridgehead atoms. The molecule has 0 atom stereocenters. The maximum absolute atomic E-state index is 3.61. The van der Waals surface area contributed by atoms with E-state index in [0.29, 0.717) is 0 Å². The highest BCUT2D eigenvalue weighted by molar-refractivity contribution is 9.10. The summed E-state index contributed by atoms with van der Waals surface area (Å²) in [4.78, 5) is 0. The molecule has 174 valence electrons. The Bertz CT molecular complexity index is 2150. The summed E-state index contributed by atoms with van der Waals surface area (Å²) < 4.78 is 6.22. The molecule has 0 fully saturated rings. The van der Waals surface area contributed by atoms with Gasteiger partial charge in [0.2, 0.25) is 0 Å². The first-order chi connectivity index (χ1) is 18.3. The largest absolute Gasteiger partial charge is 0.309 e. The van der Waals surface area contributed by atoms with Crippen LogP contribution in [0.3, 0.4) is 0 Å². The number of benzene rings is 6. The van der Waals surface area contributed by atoms with Crippen LogP contribution in [0.2, 0.25) is 0 Å². The number of fused-ring (bicyclic) bond motifs is 8. The van der Waals surface area contributed by atoms with Gasteiger partial charge in [-0.3, -0.25) is 0 Å². The summed E-state index contributed by atoms with van der Waals surface area (Å²) in [5.41, 5.74) is 6.24. The van der Waals surface area contributed by atoms with Crippen LogP contribution in [0.1, 0.15) is 0 Å². The van der Waals surface area contributed by atoms with Crippen LogP contribution in [0, 0.1) is 0 Å². The Labute approximate surface area is 226 Å². The maximum atomic E-state index is 3.61. The molecule has 2 aromatic heterocycles. The number of hydrogen-bond acceptors (Lipinski definition) is 1. The van der Waals surface area contributed by atoms with E-state index in [1.807, 2.05) is 11.3 Å². The van der Waals surface area contributed by atoms with Gasteiger partial charge in [-0.05, 0) is 58.8 Å². The lowest BCUT2D eigenvalue weighted by atomic mass is 9.99. The number of aromatic nitrogens is 1. The average molecular weight is 555 g/mol. The zero-order valence-corrected chi connectivity index (χ0v) is 22.2. The van der Waals surface area contributed by atoms with Gasteiger partial charge < -0.3 is 4.57 Å². The Kier molecular flexibility index (Phi) is 4.61. The predicted octanol–water partition coefficient (Wildman–Crippen LogP) is 10.7. The lowest BCUT2D eigenvalue weighted by molar-refractivity contribution is 1.19. The van der Waals surface area contributed by atoms with E-state index in [1.54, 1.807) is 0 Å². The Balaban J connectivity index is 1.60. The van der Waals surface area contributed by atoms with Crippen LogP contribution in [0.25, 0.3) is 69.6 Å². The molecule has 0 amide bonds. The highest BCUT2D eigenvalue weighted by atomic mass is 79.9. The minimum atomic E-state index is 1.10. The molecule has 8 rings (SSSR count). The highest BCUT2D eigenvalue weighted by Gasteiger charge is 2.21. The summed E-state index contributed by atoms with van der Waals surface area (Å²) in [5.74, 6) is 0. The van der Waals surface area contributed by atoms with Gasteiger partial charge in [-0.2, -0.15) is 0 Å². The van der Waals surface area contributed by atoms with Crippen molar-refractivity contribution in [2.24, 2.45) is 0 Å². The van der Waals surface area contributed by atoms with E-state index in [2.05, 4.69) is 142 Å². The predicted molar refractivity (Wildman–Crippen MR) is 164 cm³/mol. The molecule has 1 nitrogen and oxygen atoms in total. The molecule has 0 aliphatic rings. The number of halogens is 1. The summed E-state index contributed by atoms with van der Waals surface area (Å²) in [6.45, 7) is 0. The fourth-order valence-electron chi connectivity index (χ4n) is 5.77. The fourth-order valence-corrected chi connectivity index (χ4v) is 7.27. The molecule has 0 spiro atoms. The van der Waals surface area contributed by atoms with Gasteiger partial charge in [0, 0.05) is 46.7 Å². The van der Waals surface area contributed by atoms with Gasteiger partial charge in [-0.15, -0.1) is 11.3 Å². The second-order valence-electron chi connectivity index (χ2n) is 9.51. The first kappa shape index (κ1) is 21.2. The van der Waals surface area contributed by atoms with E-state index < -0.39 is 0 Å². The van der Waals surface area contributed by atoms with Crippen molar-refractivity contribution in [2.75, 3.05) is 0 Å². The van der Waals surface area contributed by atoms with Crippen molar-refractivity contribution in [1.82, 2.24) is 4.57 Å². The standard InChI is InChI=1S/C34H20BrNS/c35-24-16-13-22(14-17-24)28-20-29-26-9-3-5-11-30(26)36(25-18-15-21-7-1-2-8-23(21)19-25)33(29)32-27-10-4-6-12-31(27)37-34(28)32/h1-20H. The molecule has 3 heteroatoms. The summed E-state index contributed by atoms with van der Waals surface area (Å²) in [6, 6.07) is 44.2. The van der Waals surface area contributed by atoms with Crippen molar-refractivity contribution < 1.29 is 0 Å². The third-order valence-electron chi connectivity index (χ3n) is 7.43. The highest BCUT2D eigenvalue weighted by Crippen LogP contribution is 2.47. The van der Waals surface area contributed by atoms with Crippen molar-refractivity contribution in [2.45, 2.75) is 0 Å². The topological polar surface area (TPSA) is 4.93 Å². The van der Waals surface area contributed by atoms with E-state index in [1.165, 1.54) is 69.6 Å². The molecule has 0 unspecified atom stereocenters. The number of nitrogens with zero attached hydrogens (tertiary/aromatic N) is 1. The zero-order valence-electron chi connectivity index (χ0n) is 19.8. The lowest BCUT2D eigenvalue weighted by Crippen LogP contribution is -1.94. The van der Waals surface area contributed by atoms with Gasteiger partial charge in [-0.25, -0.2) is 0 Å². The number of hydrogen-bond donors (Lipinski definition) is 0. The number of thiophene rings is 1. The normalized spacial score (nSPS) is 11.9. The van der Waals surface area contributed by atoms with Gasteiger partial charge in [0.05, 0.1) is 11.0 Å².